The minimum absolute atomic E-state index is 0.0556. The van der Waals surface area contributed by atoms with E-state index in [0.717, 1.165) is 54.5 Å². The topological polar surface area (TPSA) is 88.1 Å². The van der Waals surface area contributed by atoms with E-state index in [1.165, 1.54) is 0 Å². The number of carbonyl (C=O) groups is 1. The number of benzene rings is 1. The molecule has 1 aromatic rings. The zero-order valence-electron chi connectivity index (χ0n) is 12.7. The average Bonchev–Trinajstić information content (AvgIpc) is 2.71. The van der Waals surface area contributed by atoms with Gasteiger partial charge in [0, 0.05) is 11.3 Å². The summed E-state index contributed by atoms with van der Waals surface area (Å²) in [6, 6.07) is 9.69. The van der Waals surface area contributed by atoms with E-state index in [9.17, 15) is 10.1 Å². The number of ether oxygens (including phenoxy) is 1. The Hall–Kier alpha value is -2.74. The van der Waals surface area contributed by atoms with Gasteiger partial charge >= 0.3 is 0 Å². The molecule has 0 saturated heterocycles. The van der Waals surface area contributed by atoms with Gasteiger partial charge in [-0.15, -0.1) is 0 Å². The first kappa shape index (κ1) is 13.9. The highest BCUT2D eigenvalue weighted by Crippen LogP contribution is 2.52. The highest BCUT2D eigenvalue weighted by Gasteiger charge is 2.55. The monoisotopic (exact) mass is 307 g/mol. The fraction of sp³-hybridized carbons (Fsp3) is 0.333. The van der Waals surface area contributed by atoms with Crippen molar-refractivity contribution < 1.29 is 9.53 Å². The summed E-state index contributed by atoms with van der Waals surface area (Å²) in [5, 5.41) is 12.4. The zero-order valence-corrected chi connectivity index (χ0v) is 12.7. The van der Waals surface area contributed by atoms with Gasteiger partial charge in [-0.3, -0.25) is 4.79 Å². The molecular weight excluding hydrogens is 290 g/mol. The summed E-state index contributed by atoms with van der Waals surface area (Å²) in [5.74, 6) is -0.159. The summed E-state index contributed by atoms with van der Waals surface area (Å²) in [6.07, 6.45) is 4.56. The van der Waals surface area contributed by atoms with Crippen molar-refractivity contribution in [3.8, 4) is 6.07 Å². The highest BCUT2D eigenvalue weighted by atomic mass is 16.5. The minimum atomic E-state index is -1.21. The molecule has 3 aliphatic rings. The number of nitriles is 1. The molecule has 5 nitrogen and oxygen atoms in total. The SMILES string of the molecule is N#CC1=C(N)OC2(C(=O)Nc3ccccc32)C2=C1CCCCC2. The molecule has 1 unspecified atom stereocenters. The van der Waals surface area contributed by atoms with Crippen molar-refractivity contribution in [2.45, 2.75) is 37.7 Å². The van der Waals surface area contributed by atoms with Crippen LogP contribution in [0.25, 0.3) is 0 Å². The van der Waals surface area contributed by atoms with Crippen LogP contribution >= 0.6 is 0 Å². The molecule has 1 amide bonds. The van der Waals surface area contributed by atoms with Crippen LogP contribution in [-0.4, -0.2) is 5.91 Å². The van der Waals surface area contributed by atoms with Crippen molar-refractivity contribution in [2.75, 3.05) is 5.32 Å². The first-order valence-corrected chi connectivity index (χ1v) is 7.91. The molecule has 23 heavy (non-hydrogen) atoms. The molecule has 4 rings (SSSR count). The first-order chi connectivity index (χ1) is 11.2. The maximum Gasteiger partial charge on any atom is 0.277 e. The standard InChI is InChI=1S/C18H17N3O2/c19-10-12-11-6-2-1-3-7-13(11)18(23-16(12)20)14-8-4-5-9-15(14)21-17(18)22/h4-5,8-9H,1-3,6-7,20H2,(H,21,22). The summed E-state index contributed by atoms with van der Waals surface area (Å²) >= 11 is 0. The van der Waals surface area contributed by atoms with E-state index in [-0.39, 0.29) is 11.8 Å². The average molecular weight is 307 g/mol. The summed E-state index contributed by atoms with van der Waals surface area (Å²) in [6.45, 7) is 0. The molecule has 1 spiro atoms. The molecule has 0 aromatic heterocycles. The van der Waals surface area contributed by atoms with Gasteiger partial charge in [0.1, 0.15) is 11.6 Å². The minimum Gasteiger partial charge on any atom is -0.452 e. The Bertz CT molecular complexity index is 816. The lowest BCUT2D eigenvalue weighted by molar-refractivity contribution is -0.133. The fourth-order valence-electron chi connectivity index (χ4n) is 3.93. The Kier molecular flexibility index (Phi) is 2.95. The molecule has 2 heterocycles. The van der Waals surface area contributed by atoms with Crippen LogP contribution in [0.5, 0.6) is 0 Å². The predicted molar refractivity (Wildman–Crippen MR) is 84.8 cm³/mol. The number of para-hydroxylation sites is 1. The molecule has 0 saturated carbocycles. The number of nitrogens with zero attached hydrogens (tertiary/aromatic N) is 1. The van der Waals surface area contributed by atoms with Gasteiger partial charge in [-0.05, 0) is 42.9 Å². The van der Waals surface area contributed by atoms with E-state index < -0.39 is 5.60 Å². The van der Waals surface area contributed by atoms with Crippen LogP contribution in [0.4, 0.5) is 5.69 Å². The van der Waals surface area contributed by atoms with Crippen molar-refractivity contribution in [2.24, 2.45) is 5.73 Å². The summed E-state index contributed by atoms with van der Waals surface area (Å²) in [7, 11) is 0. The Morgan fingerprint density at radius 2 is 2.00 bits per heavy atom. The van der Waals surface area contributed by atoms with Crippen molar-refractivity contribution >= 4 is 11.6 Å². The number of nitrogens with one attached hydrogen (secondary N) is 1. The van der Waals surface area contributed by atoms with Crippen LogP contribution in [0.3, 0.4) is 0 Å². The second-order valence-corrected chi connectivity index (χ2v) is 6.15. The number of fused-ring (bicyclic) bond motifs is 3. The highest BCUT2D eigenvalue weighted by molar-refractivity contribution is 6.08. The smallest absolute Gasteiger partial charge is 0.277 e. The second kappa shape index (κ2) is 4.88. The third-order valence-electron chi connectivity index (χ3n) is 4.94. The second-order valence-electron chi connectivity index (χ2n) is 6.15. The largest absolute Gasteiger partial charge is 0.452 e. The molecule has 1 aliphatic carbocycles. The van der Waals surface area contributed by atoms with Gasteiger partial charge in [-0.2, -0.15) is 5.26 Å². The van der Waals surface area contributed by atoms with E-state index in [0.29, 0.717) is 5.57 Å². The van der Waals surface area contributed by atoms with Gasteiger partial charge in [-0.1, -0.05) is 24.6 Å². The molecule has 0 fully saturated rings. The normalized spacial score (nSPS) is 26.1. The molecule has 3 N–H and O–H groups in total. The number of carbonyl (C=O) groups excluding carboxylic acids is 1. The number of anilines is 1. The number of hydrogen-bond donors (Lipinski definition) is 2. The number of amides is 1. The molecule has 116 valence electrons. The van der Waals surface area contributed by atoms with Gasteiger partial charge in [0.05, 0.1) is 0 Å². The lowest BCUT2D eigenvalue weighted by Gasteiger charge is -2.36. The number of nitrogens with two attached hydrogens (primary N) is 1. The van der Waals surface area contributed by atoms with Crippen molar-refractivity contribution in [3.63, 3.8) is 0 Å². The molecule has 1 aromatic carbocycles. The molecule has 1 atom stereocenters. The summed E-state index contributed by atoms with van der Waals surface area (Å²) < 4.78 is 5.97. The summed E-state index contributed by atoms with van der Waals surface area (Å²) in [4.78, 5) is 12.9. The lowest BCUT2D eigenvalue weighted by atomic mass is 9.78. The zero-order chi connectivity index (χ0) is 16.0. The Morgan fingerprint density at radius 3 is 2.83 bits per heavy atom. The van der Waals surface area contributed by atoms with Gasteiger partial charge in [0.15, 0.2) is 0 Å². The van der Waals surface area contributed by atoms with Crippen LogP contribution in [0.2, 0.25) is 0 Å². The third kappa shape index (κ3) is 1.75. The quantitative estimate of drug-likeness (QED) is 0.771. The lowest BCUT2D eigenvalue weighted by Crippen LogP contribution is -2.43. The van der Waals surface area contributed by atoms with Gasteiger partial charge in [0.2, 0.25) is 11.5 Å². The maximum atomic E-state index is 12.9. The van der Waals surface area contributed by atoms with Crippen molar-refractivity contribution in [1.29, 1.82) is 5.26 Å². The Morgan fingerprint density at radius 1 is 1.22 bits per heavy atom. The molecule has 0 bridgehead atoms. The maximum absolute atomic E-state index is 12.9. The van der Waals surface area contributed by atoms with Crippen molar-refractivity contribution in [3.05, 3.63) is 52.4 Å². The number of hydrogen-bond acceptors (Lipinski definition) is 4. The van der Waals surface area contributed by atoms with Gasteiger partial charge in [-0.25, -0.2) is 0 Å². The molecule has 0 radical (unpaired) electrons. The third-order valence-corrected chi connectivity index (χ3v) is 4.94. The van der Waals surface area contributed by atoms with Gasteiger partial charge in [0.25, 0.3) is 5.91 Å². The van der Waals surface area contributed by atoms with Crippen molar-refractivity contribution in [1.82, 2.24) is 0 Å². The number of allylic oxidation sites excluding steroid dienone is 2. The van der Waals surface area contributed by atoms with E-state index in [2.05, 4.69) is 11.4 Å². The summed E-state index contributed by atoms with van der Waals surface area (Å²) in [5.41, 5.74) is 8.58. The van der Waals surface area contributed by atoms with E-state index in [4.69, 9.17) is 10.5 Å². The first-order valence-electron chi connectivity index (χ1n) is 7.91. The van der Waals surface area contributed by atoms with Crippen LogP contribution in [0.15, 0.2) is 46.9 Å². The van der Waals surface area contributed by atoms with Crippen LogP contribution < -0.4 is 11.1 Å². The van der Waals surface area contributed by atoms with E-state index >= 15 is 0 Å². The van der Waals surface area contributed by atoms with E-state index in [1.807, 2.05) is 24.3 Å². The van der Waals surface area contributed by atoms with Crippen LogP contribution in [-0.2, 0) is 15.1 Å². The fourth-order valence-corrected chi connectivity index (χ4v) is 3.93. The Balaban J connectivity index is 2.00. The number of rotatable bonds is 0. The predicted octanol–water partition coefficient (Wildman–Crippen LogP) is 2.82. The van der Waals surface area contributed by atoms with Gasteiger partial charge < -0.3 is 15.8 Å². The van der Waals surface area contributed by atoms with Crippen LogP contribution in [0, 0.1) is 11.3 Å². The molecular formula is C18H17N3O2. The molecule has 5 heteroatoms. The van der Waals surface area contributed by atoms with Crippen LogP contribution in [0.1, 0.15) is 37.7 Å². The molecule has 2 aliphatic heterocycles. The Labute approximate surface area is 134 Å². The van der Waals surface area contributed by atoms with E-state index in [1.54, 1.807) is 0 Å².